The lowest BCUT2D eigenvalue weighted by atomic mass is 9.94. The van der Waals surface area contributed by atoms with Crippen molar-refractivity contribution < 1.29 is 4.79 Å². The molecule has 5 heteroatoms. The molecular weight excluding hydrogens is 330 g/mol. The molecule has 2 aliphatic rings. The van der Waals surface area contributed by atoms with Crippen molar-refractivity contribution in [3.8, 4) is 0 Å². The summed E-state index contributed by atoms with van der Waals surface area (Å²) in [5.74, 6) is 0.0249. The second-order valence-corrected chi connectivity index (χ2v) is 6.86. The van der Waals surface area contributed by atoms with Gasteiger partial charge in [-0.15, -0.1) is 0 Å². The number of anilines is 2. The first kappa shape index (κ1) is 14.9. The Bertz CT molecular complexity index is 555. The smallest absolute Gasteiger partial charge is 0.246 e. The zero-order valence-electron chi connectivity index (χ0n) is 12.6. The first-order valence-corrected chi connectivity index (χ1v) is 8.45. The van der Waals surface area contributed by atoms with E-state index in [0.717, 1.165) is 21.4 Å². The van der Waals surface area contributed by atoms with Crippen LogP contribution in [0.1, 0.15) is 43.7 Å². The molecule has 114 valence electrons. The minimum atomic E-state index is -0.245. The predicted molar refractivity (Wildman–Crippen MR) is 89.8 cm³/mol. The summed E-state index contributed by atoms with van der Waals surface area (Å²) in [5, 5.41) is 6.04. The highest BCUT2D eigenvalue weighted by atomic mass is 79.9. The summed E-state index contributed by atoms with van der Waals surface area (Å²) < 4.78 is 1.06. The minimum Gasteiger partial charge on any atom is -0.371 e. The van der Waals surface area contributed by atoms with Crippen LogP contribution in [-0.2, 0) is 4.79 Å². The summed E-state index contributed by atoms with van der Waals surface area (Å²) in [6.45, 7) is 0. The summed E-state index contributed by atoms with van der Waals surface area (Å²) >= 11 is 3.69. The molecule has 3 rings (SSSR count). The molecule has 1 saturated carbocycles. The van der Waals surface area contributed by atoms with E-state index < -0.39 is 0 Å². The maximum Gasteiger partial charge on any atom is 0.246 e. The average Bonchev–Trinajstić information content (AvgIpc) is 2.81. The number of amides is 1. The topological polar surface area (TPSA) is 44.4 Å². The van der Waals surface area contributed by atoms with Crippen LogP contribution in [-0.4, -0.2) is 26.0 Å². The fraction of sp³-hybridized carbons (Fsp3) is 0.562. The molecule has 1 aliphatic carbocycles. The van der Waals surface area contributed by atoms with Crippen molar-refractivity contribution in [1.29, 1.82) is 0 Å². The average molecular weight is 352 g/mol. The predicted octanol–water partition coefficient (Wildman–Crippen LogP) is 3.43. The van der Waals surface area contributed by atoms with Crippen molar-refractivity contribution in [2.24, 2.45) is 0 Å². The van der Waals surface area contributed by atoms with Gasteiger partial charge in [0.2, 0.25) is 5.91 Å². The van der Waals surface area contributed by atoms with Crippen LogP contribution in [0.4, 0.5) is 11.4 Å². The van der Waals surface area contributed by atoms with Gasteiger partial charge in [0.25, 0.3) is 0 Å². The van der Waals surface area contributed by atoms with Crippen LogP contribution >= 0.6 is 15.9 Å². The van der Waals surface area contributed by atoms with Gasteiger partial charge < -0.3 is 15.5 Å². The van der Waals surface area contributed by atoms with Crippen molar-refractivity contribution in [3.05, 3.63) is 22.2 Å². The normalized spacial score (nSPS) is 22.0. The van der Waals surface area contributed by atoms with Crippen LogP contribution in [0.15, 0.2) is 16.6 Å². The van der Waals surface area contributed by atoms with Crippen LogP contribution in [0.2, 0.25) is 0 Å². The summed E-state index contributed by atoms with van der Waals surface area (Å²) in [4.78, 5) is 14.3. The van der Waals surface area contributed by atoms with Gasteiger partial charge in [0.05, 0.1) is 5.69 Å². The second-order valence-electron chi connectivity index (χ2n) is 6.00. The maximum atomic E-state index is 12.0. The summed E-state index contributed by atoms with van der Waals surface area (Å²) in [5.41, 5.74) is 3.12. The number of nitrogens with one attached hydrogen (secondary N) is 2. The van der Waals surface area contributed by atoms with Gasteiger partial charge in [0, 0.05) is 28.8 Å². The van der Waals surface area contributed by atoms with Crippen LogP contribution in [0.25, 0.3) is 0 Å². The maximum absolute atomic E-state index is 12.0. The quantitative estimate of drug-likeness (QED) is 0.876. The molecular formula is C16H22BrN3O. The third-order valence-electron chi connectivity index (χ3n) is 4.74. The standard InChI is InChI=1S/C16H22BrN3O/c1-18-15-11-8-12(17)14(9-13(11)19-16(15)21)20(2)10-6-4-3-5-7-10/h8-10,15,18H,3-7H2,1-2H3,(H,19,21). The summed E-state index contributed by atoms with van der Waals surface area (Å²) in [6, 6.07) is 4.53. The number of nitrogens with zero attached hydrogens (tertiary/aromatic N) is 1. The molecule has 1 heterocycles. The number of benzene rings is 1. The van der Waals surface area contributed by atoms with Crippen molar-refractivity contribution in [3.63, 3.8) is 0 Å². The molecule has 1 unspecified atom stereocenters. The van der Waals surface area contributed by atoms with Crippen LogP contribution in [0.3, 0.4) is 0 Å². The van der Waals surface area contributed by atoms with Crippen molar-refractivity contribution >= 4 is 33.2 Å². The Labute approximate surface area is 134 Å². The Hall–Kier alpha value is -1.07. The van der Waals surface area contributed by atoms with Gasteiger partial charge in [-0.1, -0.05) is 19.3 Å². The van der Waals surface area contributed by atoms with E-state index in [-0.39, 0.29) is 11.9 Å². The Morgan fingerprint density at radius 3 is 2.67 bits per heavy atom. The highest BCUT2D eigenvalue weighted by Crippen LogP contribution is 2.40. The highest BCUT2D eigenvalue weighted by Gasteiger charge is 2.31. The first-order chi connectivity index (χ1) is 10.1. The van der Waals surface area contributed by atoms with E-state index in [1.165, 1.54) is 32.1 Å². The lowest BCUT2D eigenvalue weighted by molar-refractivity contribution is -0.117. The van der Waals surface area contributed by atoms with Gasteiger partial charge in [-0.05, 0) is 48.0 Å². The third-order valence-corrected chi connectivity index (χ3v) is 5.38. The van der Waals surface area contributed by atoms with Crippen LogP contribution < -0.4 is 15.5 Å². The zero-order valence-corrected chi connectivity index (χ0v) is 14.2. The molecule has 4 nitrogen and oxygen atoms in total. The van der Waals surface area contributed by atoms with Crippen molar-refractivity contribution in [1.82, 2.24) is 5.32 Å². The molecule has 0 bridgehead atoms. The van der Waals surface area contributed by atoms with Gasteiger partial charge >= 0.3 is 0 Å². The van der Waals surface area contributed by atoms with Gasteiger partial charge in [-0.25, -0.2) is 0 Å². The zero-order chi connectivity index (χ0) is 15.0. The molecule has 0 saturated heterocycles. The molecule has 1 atom stereocenters. The van der Waals surface area contributed by atoms with E-state index in [2.05, 4.69) is 50.6 Å². The number of carbonyl (C=O) groups is 1. The van der Waals surface area contributed by atoms with E-state index in [0.29, 0.717) is 6.04 Å². The van der Waals surface area contributed by atoms with E-state index in [1.807, 2.05) is 7.05 Å². The van der Waals surface area contributed by atoms with Crippen LogP contribution in [0.5, 0.6) is 0 Å². The van der Waals surface area contributed by atoms with E-state index in [9.17, 15) is 4.79 Å². The summed E-state index contributed by atoms with van der Waals surface area (Å²) in [7, 11) is 3.98. The van der Waals surface area contributed by atoms with E-state index in [4.69, 9.17) is 0 Å². The monoisotopic (exact) mass is 351 g/mol. The molecule has 0 spiro atoms. The number of carbonyl (C=O) groups excluding carboxylic acids is 1. The largest absolute Gasteiger partial charge is 0.371 e. The second kappa shape index (κ2) is 5.97. The number of hydrogen-bond acceptors (Lipinski definition) is 3. The molecule has 21 heavy (non-hydrogen) atoms. The number of halogens is 1. The van der Waals surface area contributed by atoms with Crippen LogP contribution in [0, 0.1) is 0 Å². The van der Waals surface area contributed by atoms with Gasteiger partial charge in [-0.3, -0.25) is 4.79 Å². The molecule has 0 radical (unpaired) electrons. The van der Waals surface area contributed by atoms with Gasteiger partial charge in [0.15, 0.2) is 0 Å². The SMILES string of the molecule is CNC1C(=O)Nc2cc(N(C)C3CCCCC3)c(Br)cc21. The Kier molecular flexibility index (Phi) is 4.22. The molecule has 0 aromatic heterocycles. The lowest BCUT2D eigenvalue weighted by Crippen LogP contribution is -2.33. The molecule has 2 N–H and O–H groups in total. The third kappa shape index (κ3) is 2.69. The lowest BCUT2D eigenvalue weighted by Gasteiger charge is -2.34. The number of fused-ring (bicyclic) bond motifs is 1. The fourth-order valence-electron chi connectivity index (χ4n) is 3.49. The Morgan fingerprint density at radius 2 is 2.00 bits per heavy atom. The van der Waals surface area contributed by atoms with Crippen molar-refractivity contribution in [2.45, 2.75) is 44.2 Å². The molecule has 1 aliphatic heterocycles. The van der Waals surface area contributed by atoms with Gasteiger partial charge in [0.1, 0.15) is 6.04 Å². The summed E-state index contributed by atoms with van der Waals surface area (Å²) in [6.07, 6.45) is 6.50. The molecule has 1 aromatic carbocycles. The number of rotatable bonds is 3. The molecule has 1 amide bonds. The molecule has 1 aromatic rings. The van der Waals surface area contributed by atoms with Gasteiger partial charge in [-0.2, -0.15) is 0 Å². The highest BCUT2D eigenvalue weighted by molar-refractivity contribution is 9.10. The fourth-order valence-corrected chi connectivity index (χ4v) is 4.13. The number of hydrogen-bond donors (Lipinski definition) is 2. The first-order valence-electron chi connectivity index (χ1n) is 7.66. The number of likely N-dealkylation sites (N-methyl/N-ethyl adjacent to an activating group) is 1. The Balaban J connectivity index is 1.91. The Morgan fingerprint density at radius 1 is 1.29 bits per heavy atom. The van der Waals surface area contributed by atoms with E-state index in [1.54, 1.807) is 0 Å². The van der Waals surface area contributed by atoms with Crippen molar-refractivity contribution in [2.75, 3.05) is 24.3 Å². The molecule has 1 fully saturated rings. The van der Waals surface area contributed by atoms with E-state index >= 15 is 0 Å². The minimum absolute atomic E-state index is 0.0249.